The van der Waals surface area contributed by atoms with E-state index in [-0.39, 0.29) is 42.7 Å². The van der Waals surface area contributed by atoms with Crippen LogP contribution in [0, 0.1) is 13.8 Å². The predicted octanol–water partition coefficient (Wildman–Crippen LogP) is 2.84. The molecule has 0 bridgehead atoms. The van der Waals surface area contributed by atoms with Gasteiger partial charge in [0.25, 0.3) is 11.8 Å². The number of carbonyl (C=O) groups excluding carboxylic acids is 5. The number of methoxy groups -OCH3 is 1. The third-order valence-electron chi connectivity index (χ3n) is 8.94. The Morgan fingerprint density at radius 2 is 1.23 bits per heavy atom. The molecule has 21 heteroatoms. The Labute approximate surface area is 357 Å². The zero-order chi connectivity index (χ0) is 46.1. The lowest BCUT2D eigenvalue weighted by molar-refractivity contribution is -0.0980. The second kappa shape index (κ2) is 23.5. The lowest BCUT2D eigenvalue weighted by Crippen LogP contribution is -2.20. The highest BCUT2D eigenvalue weighted by atomic mass is 16.5. The standard InChI is InChI=1S/C38H44N12O6.2CH4O.CH2O/c1-6-49-29(17-22(3)45-49)35(53)43-37-41-26-19-24(33(39)51)11-12-28(26)47(37)13-8-9-14-48-32-27(20-25(34(40)52)21-31(32)56-16-10-15-55-5)42-38(48)44-36(54)30-18-23(4)46-50(30)7-2;3*1-2/h8-9,11-12,17-21H,6-7,10,13-16H2,1-5H3,(H2,39,51)(H2,40,52)(H,41,43,53)(H,42,44,54);2*2H,1H3;1H2/b9-8+;;;. The van der Waals surface area contributed by atoms with E-state index >= 15 is 0 Å². The van der Waals surface area contributed by atoms with Gasteiger partial charge in [-0.05, 0) is 70.2 Å². The second-order valence-corrected chi connectivity index (χ2v) is 12.9. The molecule has 0 saturated heterocycles. The predicted molar refractivity (Wildman–Crippen MR) is 232 cm³/mol. The zero-order valence-corrected chi connectivity index (χ0v) is 35.8. The first-order valence-electron chi connectivity index (χ1n) is 19.2. The molecule has 0 radical (unpaired) electrons. The van der Waals surface area contributed by atoms with Crippen molar-refractivity contribution >= 4 is 64.4 Å². The van der Waals surface area contributed by atoms with E-state index in [1.54, 1.807) is 75.0 Å². The molecular formula is C41H54N12O9. The van der Waals surface area contributed by atoms with E-state index in [0.717, 1.165) is 14.2 Å². The number of nitrogens with zero attached hydrogens (tertiary/aromatic N) is 8. The van der Waals surface area contributed by atoms with Gasteiger partial charge in [0.2, 0.25) is 23.7 Å². The number of nitrogens with two attached hydrogens (primary N) is 2. The van der Waals surface area contributed by atoms with Crippen molar-refractivity contribution in [1.29, 1.82) is 0 Å². The summed E-state index contributed by atoms with van der Waals surface area (Å²) in [6, 6.07) is 11.4. The largest absolute Gasteiger partial charge is 0.491 e. The number of aromatic nitrogens is 8. The number of amides is 4. The fourth-order valence-electron chi connectivity index (χ4n) is 6.33. The van der Waals surface area contributed by atoms with E-state index in [2.05, 4.69) is 25.8 Å². The highest BCUT2D eigenvalue weighted by molar-refractivity contribution is 6.05. The van der Waals surface area contributed by atoms with Crippen molar-refractivity contribution in [2.75, 3.05) is 45.2 Å². The molecule has 4 aromatic heterocycles. The molecule has 4 amide bonds. The molecule has 0 saturated carbocycles. The molecular weight excluding hydrogens is 805 g/mol. The number of imidazole rings is 2. The molecule has 0 unspecified atom stereocenters. The van der Waals surface area contributed by atoms with E-state index in [0.29, 0.717) is 76.7 Å². The van der Waals surface area contributed by atoms with Gasteiger partial charge in [-0.3, -0.25) is 39.2 Å². The second-order valence-electron chi connectivity index (χ2n) is 12.9. The quantitative estimate of drug-likeness (QED) is 0.0569. The van der Waals surface area contributed by atoms with Crippen LogP contribution in [0.3, 0.4) is 0 Å². The average Bonchev–Trinajstić information content (AvgIpc) is 4.04. The summed E-state index contributed by atoms with van der Waals surface area (Å²) in [5.74, 6) is -1.31. The number of aryl methyl sites for hydroxylation is 4. The van der Waals surface area contributed by atoms with Crippen LogP contribution in [0.15, 0.2) is 54.6 Å². The van der Waals surface area contributed by atoms with Crippen LogP contribution >= 0.6 is 0 Å². The van der Waals surface area contributed by atoms with E-state index < -0.39 is 23.6 Å². The maximum atomic E-state index is 13.6. The van der Waals surface area contributed by atoms with Gasteiger partial charge < -0.3 is 45.1 Å². The number of benzene rings is 2. The number of carbonyl (C=O) groups is 5. The fraction of sp³-hybridized carbons (Fsp3) is 0.341. The number of primary amides is 2. The van der Waals surface area contributed by atoms with Gasteiger partial charge in [-0.1, -0.05) is 12.2 Å². The number of allylic oxidation sites excluding steroid dienone is 2. The van der Waals surface area contributed by atoms with Crippen LogP contribution in [0.1, 0.15) is 73.3 Å². The molecule has 0 aliphatic rings. The summed E-state index contributed by atoms with van der Waals surface area (Å²) < 4.78 is 18.1. The van der Waals surface area contributed by atoms with E-state index in [9.17, 15) is 19.2 Å². The lowest BCUT2D eigenvalue weighted by atomic mass is 10.1. The SMILES string of the molecule is C=O.CCn1nc(C)cc1C(=O)Nc1nc2cc(C(N)=O)ccc2n1C/C=C/Cn1c(NC(=O)c2cc(C)nn2CC)nc2cc(C(N)=O)cc(OCCCOC)c21.CO.CO. The van der Waals surface area contributed by atoms with Gasteiger partial charge in [-0.15, -0.1) is 0 Å². The first-order valence-corrected chi connectivity index (χ1v) is 19.2. The Morgan fingerprint density at radius 1 is 0.726 bits per heavy atom. The molecule has 332 valence electrons. The van der Waals surface area contributed by atoms with Crippen molar-refractivity contribution < 1.29 is 43.7 Å². The molecule has 0 aliphatic carbocycles. The number of fused-ring (bicyclic) bond motifs is 2. The minimum absolute atomic E-state index is 0.190. The van der Waals surface area contributed by atoms with Crippen molar-refractivity contribution in [3.63, 3.8) is 0 Å². The highest BCUT2D eigenvalue weighted by Crippen LogP contribution is 2.32. The van der Waals surface area contributed by atoms with E-state index in [4.69, 9.17) is 40.9 Å². The Hall–Kier alpha value is -7.23. The van der Waals surface area contributed by atoms with Crippen molar-refractivity contribution in [2.24, 2.45) is 11.5 Å². The number of rotatable bonds is 17. The third-order valence-corrected chi connectivity index (χ3v) is 8.94. The van der Waals surface area contributed by atoms with Crippen LogP contribution < -0.4 is 26.8 Å². The summed E-state index contributed by atoms with van der Waals surface area (Å²) in [5.41, 5.74) is 15.8. The summed E-state index contributed by atoms with van der Waals surface area (Å²) in [5, 5.41) is 28.6. The summed E-state index contributed by atoms with van der Waals surface area (Å²) >= 11 is 0. The molecule has 21 nitrogen and oxygen atoms in total. The van der Waals surface area contributed by atoms with E-state index in [1.165, 1.54) is 0 Å². The Balaban J connectivity index is 0.00000163. The molecule has 0 atom stereocenters. The van der Waals surface area contributed by atoms with Gasteiger partial charge in [0.05, 0.1) is 34.5 Å². The number of nitrogens with one attached hydrogen (secondary N) is 2. The molecule has 0 spiro atoms. The maximum absolute atomic E-state index is 13.6. The number of hydrogen-bond acceptors (Lipinski definition) is 13. The van der Waals surface area contributed by atoms with Gasteiger partial charge >= 0.3 is 0 Å². The maximum Gasteiger partial charge on any atom is 0.276 e. The minimum atomic E-state index is -0.663. The van der Waals surface area contributed by atoms with Crippen LogP contribution in [0.25, 0.3) is 22.1 Å². The van der Waals surface area contributed by atoms with E-state index in [1.807, 2.05) is 39.7 Å². The number of ether oxygens (including phenoxy) is 2. The lowest BCUT2D eigenvalue weighted by Gasteiger charge is -2.13. The number of hydrogen-bond donors (Lipinski definition) is 6. The van der Waals surface area contributed by atoms with Crippen LogP contribution in [0.4, 0.5) is 11.9 Å². The molecule has 6 rings (SSSR count). The molecule has 8 N–H and O–H groups in total. The Bertz CT molecular complexity index is 2520. The normalized spacial score (nSPS) is 10.7. The zero-order valence-electron chi connectivity index (χ0n) is 35.8. The van der Waals surface area contributed by atoms with Crippen molar-refractivity contribution in [3.8, 4) is 5.75 Å². The van der Waals surface area contributed by atoms with Crippen LogP contribution in [-0.4, -0.2) is 114 Å². The fourth-order valence-corrected chi connectivity index (χ4v) is 6.33. The van der Waals surface area contributed by atoms with Gasteiger partial charge in [0, 0.05) is 71.7 Å². The Kier molecular flexibility index (Phi) is 18.6. The summed E-state index contributed by atoms with van der Waals surface area (Å²) in [6.07, 6.45) is 4.30. The van der Waals surface area contributed by atoms with Crippen molar-refractivity contribution in [2.45, 2.75) is 60.3 Å². The van der Waals surface area contributed by atoms with Gasteiger partial charge in [-0.25, -0.2) is 9.97 Å². The summed E-state index contributed by atoms with van der Waals surface area (Å²) in [6.45, 7) is 11.5. The monoisotopic (exact) mass is 858 g/mol. The van der Waals surface area contributed by atoms with Gasteiger partial charge in [0.1, 0.15) is 29.4 Å². The molecule has 0 fully saturated rings. The smallest absolute Gasteiger partial charge is 0.276 e. The topological polar surface area (TPSA) is 292 Å². The average molecular weight is 859 g/mol. The molecule has 6 aromatic rings. The van der Waals surface area contributed by atoms with Gasteiger partial charge in [0.15, 0.2) is 0 Å². The highest BCUT2D eigenvalue weighted by Gasteiger charge is 2.22. The molecule has 62 heavy (non-hydrogen) atoms. The van der Waals surface area contributed by atoms with Crippen LogP contribution in [0.5, 0.6) is 5.75 Å². The first kappa shape index (κ1) is 49.1. The van der Waals surface area contributed by atoms with Crippen molar-refractivity contribution in [3.05, 3.63) is 88.5 Å². The molecule has 2 aromatic carbocycles. The first-order chi connectivity index (χ1) is 29.9. The van der Waals surface area contributed by atoms with Crippen LogP contribution in [0.2, 0.25) is 0 Å². The molecule has 4 heterocycles. The third kappa shape index (κ3) is 11.5. The minimum Gasteiger partial charge on any atom is -0.491 e. The Morgan fingerprint density at radius 3 is 1.74 bits per heavy atom. The van der Waals surface area contributed by atoms with Gasteiger partial charge in [-0.2, -0.15) is 10.2 Å². The number of anilines is 2. The summed E-state index contributed by atoms with van der Waals surface area (Å²) in [4.78, 5) is 68.8. The molecule has 0 aliphatic heterocycles. The number of aliphatic hydroxyl groups is 2. The van der Waals surface area contributed by atoms with Crippen LogP contribution in [-0.2, 0) is 35.7 Å². The number of aliphatic hydroxyl groups excluding tert-OH is 2. The summed E-state index contributed by atoms with van der Waals surface area (Å²) in [7, 11) is 3.60. The van der Waals surface area contributed by atoms with Crippen molar-refractivity contribution in [1.82, 2.24) is 38.7 Å².